The lowest BCUT2D eigenvalue weighted by molar-refractivity contribution is -0.133. The van der Waals surface area contributed by atoms with E-state index in [1.54, 1.807) is 30.3 Å². The van der Waals surface area contributed by atoms with E-state index >= 15 is 0 Å². The number of methoxy groups -OCH3 is 2. The van der Waals surface area contributed by atoms with Crippen molar-refractivity contribution < 1.29 is 28.7 Å². The number of rotatable bonds is 12. The Labute approximate surface area is 227 Å². The van der Waals surface area contributed by atoms with Gasteiger partial charge < -0.3 is 23.9 Å². The van der Waals surface area contributed by atoms with Crippen LogP contribution in [0, 0.1) is 0 Å². The van der Waals surface area contributed by atoms with Crippen LogP contribution in [-0.4, -0.2) is 38.7 Å². The lowest BCUT2D eigenvalue weighted by Gasteiger charge is -2.16. The van der Waals surface area contributed by atoms with Crippen molar-refractivity contribution in [1.29, 1.82) is 0 Å². The number of ether oxygens (including phenoxy) is 3. The topological polar surface area (TPSA) is 87.9 Å². The summed E-state index contributed by atoms with van der Waals surface area (Å²) in [5.74, 6) is 0.797. The molecule has 1 unspecified atom stereocenters. The molecule has 0 radical (unpaired) electrons. The van der Waals surface area contributed by atoms with Gasteiger partial charge in [0.2, 0.25) is 0 Å². The van der Waals surface area contributed by atoms with Crippen LogP contribution in [0.25, 0.3) is 5.57 Å². The minimum atomic E-state index is -0.523. The zero-order chi connectivity index (χ0) is 27.3. The smallest absolute Gasteiger partial charge is 0.341 e. The van der Waals surface area contributed by atoms with Crippen LogP contribution in [0.2, 0.25) is 5.02 Å². The third-order valence-electron chi connectivity index (χ3n) is 5.22. The number of hydrogen-bond donors (Lipinski definition) is 0. The molecule has 0 N–H and O–H groups in total. The molecule has 3 rings (SSSR count). The third-order valence-corrected chi connectivity index (χ3v) is 5.47. The number of benzene rings is 3. The van der Waals surface area contributed by atoms with Gasteiger partial charge in [-0.15, -0.1) is 0 Å². The summed E-state index contributed by atoms with van der Waals surface area (Å²) in [4.78, 5) is 23.3. The van der Waals surface area contributed by atoms with Gasteiger partial charge in [0.25, 0.3) is 0 Å². The highest BCUT2D eigenvalue weighted by molar-refractivity contribution is 6.38. The molecule has 0 saturated heterocycles. The minimum absolute atomic E-state index is 0.268. The Hall–Kier alpha value is -4.30. The number of hydrogen-bond acceptors (Lipinski definition) is 8. The molecule has 3 aromatic carbocycles. The molecule has 0 aliphatic heterocycles. The molecule has 198 valence electrons. The van der Waals surface area contributed by atoms with Crippen molar-refractivity contribution in [2.75, 3.05) is 20.8 Å². The molecule has 0 fully saturated rings. The van der Waals surface area contributed by atoms with Crippen LogP contribution >= 0.6 is 11.6 Å². The SMILES string of the molecule is CCON=C(C=NOC(C)c1ccccc1C(=COC)C(=O)OC)c1ccc(Oc2ccc(Cl)cc2)cc1. The first-order valence-corrected chi connectivity index (χ1v) is 12.2. The Morgan fingerprint density at radius 3 is 2.26 bits per heavy atom. The maximum Gasteiger partial charge on any atom is 0.341 e. The highest BCUT2D eigenvalue weighted by atomic mass is 35.5. The van der Waals surface area contributed by atoms with Crippen molar-refractivity contribution in [2.45, 2.75) is 20.0 Å². The quantitative estimate of drug-likeness (QED) is 0.0831. The molecular weight excluding hydrogens is 508 g/mol. The van der Waals surface area contributed by atoms with Crippen LogP contribution < -0.4 is 4.74 Å². The number of halogens is 1. The molecule has 0 bridgehead atoms. The maximum atomic E-state index is 12.3. The standard InChI is InChI=1S/C29H29ClN2O6/c1-5-36-32-28(21-10-14-23(15-11-21)37-24-16-12-22(30)13-17-24)18-31-38-20(2)25-8-6-7-9-26(25)27(19-34-3)29(33)35-4/h6-20H,5H2,1-4H3. The van der Waals surface area contributed by atoms with Crippen molar-refractivity contribution in [3.05, 3.63) is 101 Å². The summed E-state index contributed by atoms with van der Waals surface area (Å²) in [6.45, 7) is 4.05. The van der Waals surface area contributed by atoms with Crippen LogP contribution in [-0.2, 0) is 23.9 Å². The molecule has 0 saturated carbocycles. The summed E-state index contributed by atoms with van der Waals surface area (Å²) in [5.41, 5.74) is 2.82. The lowest BCUT2D eigenvalue weighted by atomic mass is 9.97. The summed E-state index contributed by atoms with van der Waals surface area (Å²) in [5, 5.41) is 8.93. The Balaban J connectivity index is 1.76. The monoisotopic (exact) mass is 536 g/mol. The van der Waals surface area contributed by atoms with Gasteiger partial charge in [0, 0.05) is 16.1 Å². The molecule has 0 aliphatic carbocycles. The van der Waals surface area contributed by atoms with Crippen molar-refractivity contribution >= 4 is 35.1 Å². The van der Waals surface area contributed by atoms with Crippen LogP contribution in [0.15, 0.2) is 89.4 Å². The Kier molecular flexibility index (Phi) is 10.7. The average molecular weight is 537 g/mol. The van der Waals surface area contributed by atoms with Gasteiger partial charge in [-0.1, -0.05) is 46.2 Å². The molecule has 38 heavy (non-hydrogen) atoms. The fraction of sp³-hybridized carbons (Fsp3) is 0.207. The normalized spacial score (nSPS) is 12.7. The van der Waals surface area contributed by atoms with Gasteiger partial charge in [-0.3, -0.25) is 0 Å². The van der Waals surface area contributed by atoms with E-state index in [4.69, 9.17) is 35.5 Å². The molecule has 8 nitrogen and oxygen atoms in total. The van der Waals surface area contributed by atoms with Crippen LogP contribution in [0.1, 0.15) is 36.6 Å². The molecule has 9 heteroatoms. The van der Waals surface area contributed by atoms with Gasteiger partial charge in [0.1, 0.15) is 35.5 Å². The van der Waals surface area contributed by atoms with E-state index in [9.17, 15) is 4.79 Å². The molecule has 3 aromatic rings. The van der Waals surface area contributed by atoms with Gasteiger partial charge >= 0.3 is 5.97 Å². The molecule has 0 heterocycles. The zero-order valence-corrected chi connectivity index (χ0v) is 22.3. The lowest BCUT2D eigenvalue weighted by Crippen LogP contribution is -2.09. The fourth-order valence-electron chi connectivity index (χ4n) is 3.39. The largest absolute Gasteiger partial charge is 0.503 e. The zero-order valence-electron chi connectivity index (χ0n) is 21.6. The average Bonchev–Trinajstić information content (AvgIpc) is 2.95. The van der Waals surface area contributed by atoms with Crippen molar-refractivity contribution in [2.24, 2.45) is 10.3 Å². The summed E-state index contributed by atoms with van der Waals surface area (Å²) < 4.78 is 15.8. The van der Waals surface area contributed by atoms with Crippen molar-refractivity contribution in [3.63, 3.8) is 0 Å². The van der Waals surface area contributed by atoms with Gasteiger partial charge in [0.15, 0.2) is 0 Å². The third kappa shape index (κ3) is 7.85. The first-order valence-electron chi connectivity index (χ1n) is 11.8. The number of nitrogens with zero attached hydrogens (tertiary/aromatic N) is 2. The molecule has 1 atom stereocenters. The molecule has 0 aliphatic rings. The first-order chi connectivity index (χ1) is 18.5. The van der Waals surface area contributed by atoms with E-state index in [-0.39, 0.29) is 5.57 Å². The minimum Gasteiger partial charge on any atom is -0.503 e. The van der Waals surface area contributed by atoms with Crippen LogP contribution in [0.5, 0.6) is 11.5 Å². The van der Waals surface area contributed by atoms with Crippen LogP contribution in [0.3, 0.4) is 0 Å². The first kappa shape index (κ1) is 28.3. The molecule has 0 aromatic heterocycles. The number of carbonyl (C=O) groups excluding carboxylic acids is 1. The second kappa shape index (κ2) is 14.4. The molecular formula is C29H29ClN2O6. The number of oxime groups is 2. The predicted molar refractivity (Wildman–Crippen MR) is 148 cm³/mol. The predicted octanol–water partition coefficient (Wildman–Crippen LogP) is 6.80. The summed E-state index contributed by atoms with van der Waals surface area (Å²) in [6.07, 6.45) is 2.31. The van der Waals surface area contributed by atoms with Crippen molar-refractivity contribution in [3.8, 4) is 11.5 Å². The van der Waals surface area contributed by atoms with Gasteiger partial charge in [-0.2, -0.15) is 0 Å². The van der Waals surface area contributed by atoms with Gasteiger partial charge in [-0.25, -0.2) is 4.79 Å². The number of esters is 1. The fourth-order valence-corrected chi connectivity index (χ4v) is 3.52. The highest BCUT2D eigenvalue weighted by Gasteiger charge is 2.20. The van der Waals surface area contributed by atoms with Crippen molar-refractivity contribution in [1.82, 2.24) is 0 Å². The second-order valence-electron chi connectivity index (χ2n) is 7.80. The number of carbonyl (C=O) groups is 1. The van der Waals surface area contributed by atoms with E-state index in [1.807, 2.05) is 56.3 Å². The summed E-state index contributed by atoms with van der Waals surface area (Å²) in [7, 11) is 2.78. The van der Waals surface area contributed by atoms with Gasteiger partial charge in [-0.05, 0) is 67.9 Å². The highest BCUT2D eigenvalue weighted by Crippen LogP contribution is 2.28. The van der Waals surface area contributed by atoms with Crippen LogP contribution in [0.4, 0.5) is 0 Å². The maximum absolute atomic E-state index is 12.3. The van der Waals surface area contributed by atoms with Gasteiger partial charge in [0.05, 0.1) is 26.7 Å². The van der Waals surface area contributed by atoms with E-state index in [0.29, 0.717) is 34.4 Å². The summed E-state index contributed by atoms with van der Waals surface area (Å²) in [6, 6.07) is 21.7. The Morgan fingerprint density at radius 2 is 1.63 bits per heavy atom. The summed E-state index contributed by atoms with van der Waals surface area (Å²) >= 11 is 5.93. The second-order valence-corrected chi connectivity index (χ2v) is 8.24. The van der Waals surface area contributed by atoms with E-state index < -0.39 is 12.1 Å². The van der Waals surface area contributed by atoms with E-state index in [1.165, 1.54) is 26.7 Å². The Morgan fingerprint density at radius 1 is 0.974 bits per heavy atom. The molecule has 0 spiro atoms. The van der Waals surface area contributed by atoms with E-state index in [0.717, 1.165) is 11.1 Å². The van der Waals surface area contributed by atoms with E-state index in [2.05, 4.69) is 10.3 Å². The molecule has 0 amide bonds. The Bertz CT molecular complexity index is 1290.